The molecule has 38 heavy (non-hydrogen) atoms. The van der Waals surface area contributed by atoms with Gasteiger partial charge in [0, 0.05) is 0 Å². The van der Waals surface area contributed by atoms with Crippen LogP contribution in [0.5, 0.6) is 0 Å². The van der Waals surface area contributed by atoms with Gasteiger partial charge in [0.2, 0.25) is 17.6 Å². The second-order valence-corrected chi connectivity index (χ2v) is 12.4. The lowest BCUT2D eigenvalue weighted by molar-refractivity contribution is -0.160. The number of imide groups is 1. The number of hydrogen-bond acceptors (Lipinski definition) is 6. The minimum atomic E-state index is -1.34. The average Bonchev–Trinajstić information content (AvgIpc) is 3.54. The van der Waals surface area contributed by atoms with Gasteiger partial charge in [-0.3, -0.25) is 19.3 Å². The third-order valence-electron chi connectivity index (χ3n) is 7.91. The lowest BCUT2D eigenvalue weighted by atomic mass is 9.54. The van der Waals surface area contributed by atoms with Gasteiger partial charge in [0.15, 0.2) is 6.61 Å². The lowest BCUT2D eigenvalue weighted by Gasteiger charge is -2.54. The van der Waals surface area contributed by atoms with Crippen LogP contribution >= 0.6 is 34.5 Å². The van der Waals surface area contributed by atoms with E-state index in [4.69, 9.17) is 27.9 Å². The van der Waals surface area contributed by atoms with Gasteiger partial charge in [0.1, 0.15) is 15.8 Å². The van der Waals surface area contributed by atoms with Crippen LogP contribution in [-0.2, 0) is 28.9 Å². The van der Waals surface area contributed by atoms with Crippen LogP contribution in [0.2, 0.25) is 0 Å². The zero-order chi connectivity index (χ0) is 27.0. The van der Waals surface area contributed by atoms with E-state index < -0.39 is 57.9 Å². The molecule has 0 unspecified atom stereocenters. The van der Waals surface area contributed by atoms with E-state index in [1.165, 1.54) is 11.3 Å². The highest BCUT2D eigenvalue weighted by molar-refractivity contribution is 7.12. The predicted octanol–water partition coefficient (Wildman–Crippen LogP) is 5.09. The molecule has 2 aromatic carbocycles. The SMILES string of the molecule is CC(C)[C@@H](C(=O)OCC(=O)c1cccs1)N1C(=O)[C@H]2[C@H](C1=O)C1(Cl)c3ccccc3C2(Cl)c2ccccc21. The first kappa shape index (κ1) is 25.3. The number of ether oxygens (including phenoxy) is 1. The molecule has 2 amide bonds. The second kappa shape index (κ2) is 8.76. The number of nitrogens with zero attached hydrogens (tertiary/aromatic N) is 1. The highest BCUT2D eigenvalue weighted by atomic mass is 35.5. The monoisotopic (exact) mass is 567 g/mol. The molecule has 6 nitrogen and oxygen atoms in total. The number of carbonyl (C=O) groups is 4. The number of likely N-dealkylation sites (tertiary alicyclic amines) is 1. The van der Waals surface area contributed by atoms with E-state index in [0.717, 1.165) is 4.90 Å². The third kappa shape index (κ3) is 3.19. The van der Waals surface area contributed by atoms with Gasteiger partial charge in [-0.05, 0) is 39.6 Å². The molecule has 3 aliphatic carbocycles. The number of halogens is 2. The highest BCUT2D eigenvalue weighted by Crippen LogP contribution is 2.69. The van der Waals surface area contributed by atoms with Crippen molar-refractivity contribution < 1.29 is 23.9 Å². The van der Waals surface area contributed by atoms with Gasteiger partial charge in [-0.1, -0.05) is 68.4 Å². The number of ketones is 1. The van der Waals surface area contributed by atoms with Gasteiger partial charge >= 0.3 is 5.97 Å². The maximum atomic E-state index is 14.2. The molecule has 1 saturated heterocycles. The summed E-state index contributed by atoms with van der Waals surface area (Å²) in [5, 5.41) is 1.75. The molecule has 194 valence electrons. The van der Waals surface area contributed by atoms with Crippen LogP contribution in [0.3, 0.4) is 0 Å². The van der Waals surface area contributed by atoms with E-state index in [-0.39, 0.29) is 5.78 Å². The van der Waals surface area contributed by atoms with Crippen molar-refractivity contribution in [1.82, 2.24) is 4.90 Å². The Morgan fingerprint density at radius 2 is 1.34 bits per heavy atom. The van der Waals surface area contributed by atoms with Gasteiger partial charge in [0.25, 0.3) is 0 Å². The first-order chi connectivity index (χ1) is 18.1. The normalized spacial score (nSPS) is 27.7. The molecule has 4 aliphatic rings. The van der Waals surface area contributed by atoms with Gasteiger partial charge in [0.05, 0.1) is 16.7 Å². The molecular formula is C29H23Cl2NO5S. The summed E-state index contributed by atoms with van der Waals surface area (Å²) in [6.45, 7) is 2.96. The van der Waals surface area contributed by atoms with Crippen molar-refractivity contribution in [3.8, 4) is 0 Å². The average molecular weight is 568 g/mol. The molecular weight excluding hydrogens is 545 g/mol. The summed E-state index contributed by atoms with van der Waals surface area (Å²) in [7, 11) is 0. The Morgan fingerprint density at radius 1 is 0.868 bits per heavy atom. The minimum Gasteiger partial charge on any atom is -0.456 e. The summed E-state index contributed by atoms with van der Waals surface area (Å²) < 4.78 is 5.36. The predicted molar refractivity (Wildman–Crippen MR) is 143 cm³/mol. The zero-order valence-corrected chi connectivity index (χ0v) is 22.8. The molecule has 0 saturated carbocycles. The fraction of sp³-hybridized carbons (Fsp3) is 0.310. The number of alkyl halides is 2. The Bertz CT molecular complexity index is 1380. The zero-order valence-electron chi connectivity index (χ0n) is 20.5. The molecule has 9 heteroatoms. The van der Waals surface area contributed by atoms with Crippen LogP contribution < -0.4 is 0 Å². The fourth-order valence-electron chi connectivity index (χ4n) is 6.37. The van der Waals surface area contributed by atoms with Gasteiger partial charge in [-0.2, -0.15) is 0 Å². The van der Waals surface area contributed by atoms with Crippen molar-refractivity contribution in [2.75, 3.05) is 6.61 Å². The van der Waals surface area contributed by atoms with Crippen LogP contribution in [0.15, 0.2) is 66.0 Å². The first-order valence-electron chi connectivity index (χ1n) is 12.3. The minimum absolute atomic E-state index is 0.355. The van der Waals surface area contributed by atoms with Crippen LogP contribution in [0.25, 0.3) is 0 Å². The van der Waals surface area contributed by atoms with E-state index in [9.17, 15) is 19.2 Å². The Balaban J connectivity index is 1.41. The van der Waals surface area contributed by atoms with Crippen LogP contribution in [-0.4, -0.2) is 41.1 Å². The molecule has 1 aliphatic heterocycles. The van der Waals surface area contributed by atoms with Crippen LogP contribution in [0, 0.1) is 17.8 Å². The number of hydrogen-bond donors (Lipinski definition) is 0. The van der Waals surface area contributed by atoms with Crippen molar-refractivity contribution >= 4 is 58.1 Å². The van der Waals surface area contributed by atoms with Crippen molar-refractivity contribution in [2.45, 2.75) is 29.6 Å². The number of thiophene rings is 1. The van der Waals surface area contributed by atoms with Crippen molar-refractivity contribution in [1.29, 1.82) is 0 Å². The molecule has 3 atom stereocenters. The van der Waals surface area contributed by atoms with Gasteiger partial charge in [-0.15, -0.1) is 34.5 Å². The second-order valence-electron chi connectivity index (χ2n) is 10.2. The molecule has 1 fully saturated rings. The fourth-order valence-corrected chi connectivity index (χ4v) is 8.12. The number of esters is 1. The van der Waals surface area contributed by atoms with Crippen LogP contribution in [0.4, 0.5) is 0 Å². The number of carbonyl (C=O) groups excluding carboxylic acids is 4. The van der Waals surface area contributed by atoms with Crippen LogP contribution in [0.1, 0.15) is 45.8 Å². The van der Waals surface area contributed by atoms with E-state index in [2.05, 4.69) is 0 Å². The van der Waals surface area contributed by atoms with Crippen molar-refractivity contribution in [2.24, 2.45) is 17.8 Å². The number of Topliss-reactive ketones (excluding diaryl/α,β-unsaturated/α-hetero) is 1. The van der Waals surface area contributed by atoms with Gasteiger partial charge in [-0.25, -0.2) is 4.79 Å². The van der Waals surface area contributed by atoms with E-state index in [1.54, 1.807) is 31.4 Å². The van der Waals surface area contributed by atoms with Crippen molar-refractivity contribution in [3.05, 3.63) is 93.2 Å². The molecule has 0 spiro atoms. The Kier molecular flexibility index (Phi) is 5.83. The molecule has 2 heterocycles. The maximum absolute atomic E-state index is 14.2. The molecule has 7 rings (SSSR count). The van der Waals surface area contributed by atoms with Gasteiger partial charge < -0.3 is 4.74 Å². The largest absolute Gasteiger partial charge is 0.456 e. The third-order valence-corrected chi connectivity index (χ3v) is 10.1. The smallest absolute Gasteiger partial charge is 0.330 e. The number of amides is 2. The summed E-state index contributed by atoms with van der Waals surface area (Å²) in [6.07, 6.45) is 0. The molecule has 2 bridgehead atoms. The first-order valence-corrected chi connectivity index (χ1v) is 13.9. The Labute approximate surface area is 233 Å². The summed E-state index contributed by atoms with van der Waals surface area (Å²) in [5.41, 5.74) is 2.74. The topological polar surface area (TPSA) is 80.8 Å². The Hall–Kier alpha value is -3.00. The van der Waals surface area contributed by atoms with E-state index in [0.29, 0.717) is 27.1 Å². The molecule has 0 radical (unpaired) electrons. The standard InChI is InChI=1S/C29H23Cl2NO5S/c1-15(2)24(27(36)37-14-20(33)21-12-7-13-38-21)32-25(34)22-23(26(32)35)29(31)17-9-4-3-8-16(17)28(22,30)18-10-5-6-11-19(18)29/h3-13,15,22-24H,14H2,1-2H3/t22-,23-,24+,28?,29?/m1/s1. The quantitative estimate of drug-likeness (QED) is 0.179. The number of rotatable bonds is 6. The lowest BCUT2D eigenvalue weighted by Crippen LogP contribution is -2.57. The molecule has 0 N–H and O–H groups in total. The van der Waals surface area contributed by atoms with Crippen molar-refractivity contribution in [3.63, 3.8) is 0 Å². The number of benzene rings is 2. The molecule has 3 aromatic rings. The van der Waals surface area contributed by atoms with E-state index >= 15 is 0 Å². The Morgan fingerprint density at radius 3 is 1.74 bits per heavy atom. The maximum Gasteiger partial charge on any atom is 0.330 e. The van der Waals surface area contributed by atoms with E-state index in [1.807, 2.05) is 48.5 Å². The molecule has 1 aromatic heterocycles. The summed E-state index contributed by atoms with van der Waals surface area (Å²) in [4.78, 5) is 52.9. The summed E-state index contributed by atoms with van der Waals surface area (Å²) in [5.74, 6) is -4.81. The summed E-state index contributed by atoms with van der Waals surface area (Å²) in [6, 6.07) is 16.8. The summed E-state index contributed by atoms with van der Waals surface area (Å²) >= 11 is 16.1. The highest BCUT2D eigenvalue weighted by Gasteiger charge is 2.74.